The van der Waals surface area contributed by atoms with Crippen LogP contribution in [0.1, 0.15) is 57.1 Å². The molecule has 0 aliphatic heterocycles. The van der Waals surface area contributed by atoms with E-state index in [4.69, 9.17) is 0 Å². The average Bonchev–Trinajstić information content (AvgIpc) is 2.44. The molecule has 0 radical (unpaired) electrons. The summed E-state index contributed by atoms with van der Waals surface area (Å²) in [6, 6.07) is 0. The van der Waals surface area contributed by atoms with Gasteiger partial charge in [-0.05, 0) is 12.3 Å². The maximum Gasteiger partial charge on any atom is 0.144 e. The minimum Gasteiger partial charge on any atom is -0.299 e. The van der Waals surface area contributed by atoms with Crippen molar-refractivity contribution in [3.8, 4) is 0 Å². The number of aryl methyl sites for hydroxylation is 1. The topological polar surface area (TPSA) is 30.0 Å². The number of hydrogen-bond acceptors (Lipinski definition) is 3. The third-order valence-electron chi connectivity index (χ3n) is 2.67. The van der Waals surface area contributed by atoms with E-state index in [0.29, 0.717) is 6.42 Å². The Labute approximate surface area is 108 Å². The van der Waals surface area contributed by atoms with Gasteiger partial charge < -0.3 is 0 Å². The maximum absolute atomic E-state index is 12.0. The minimum atomic E-state index is -0.276. The molecule has 17 heavy (non-hydrogen) atoms. The SMILES string of the molecule is Cc1nc(CC(=O)C(C)(C)C)sc1C(C)(C)C. The van der Waals surface area contributed by atoms with E-state index in [-0.39, 0.29) is 16.6 Å². The quantitative estimate of drug-likeness (QED) is 0.800. The zero-order chi connectivity index (χ0) is 13.4. The Bertz CT molecular complexity index is 418. The van der Waals surface area contributed by atoms with Gasteiger partial charge in [0.25, 0.3) is 0 Å². The van der Waals surface area contributed by atoms with E-state index in [1.54, 1.807) is 11.3 Å². The number of thiazole rings is 1. The molecule has 0 bridgehead atoms. The number of ketones is 1. The minimum absolute atomic E-state index is 0.116. The summed E-state index contributed by atoms with van der Waals surface area (Å²) < 4.78 is 0. The summed E-state index contributed by atoms with van der Waals surface area (Å²) in [6.07, 6.45) is 0.463. The van der Waals surface area contributed by atoms with Crippen molar-refractivity contribution in [3.05, 3.63) is 15.6 Å². The van der Waals surface area contributed by atoms with Gasteiger partial charge >= 0.3 is 0 Å². The van der Waals surface area contributed by atoms with E-state index in [0.717, 1.165) is 10.7 Å². The van der Waals surface area contributed by atoms with Crippen LogP contribution in [0.3, 0.4) is 0 Å². The van der Waals surface area contributed by atoms with Crippen molar-refractivity contribution in [1.82, 2.24) is 4.98 Å². The second-order valence-corrected chi connectivity index (χ2v) is 7.71. The normalized spacial score (nSPS) is 12.9. The molecule has 0 N–H and O–H groups in total. The fourth-order valence-electron chi connectivity index (χ4n) is 1.63. The largest absolute Gasteiger partial charge is 0.299 e. The van der Waals surface area contributed by atoms with Crippen LogP contribution >= 0.6 is 11.3 Å². The molecular formula is C14H23NOS. The van der Waals surface area contributed by atoms with Gasteiger partial charge in [-0.15, -0.1) is 11.3 Å². The highest BCUT2D eigenvalue weighted by Crippen LogP contribution is 2.32. The standard InChI is InChI=1S/C14H23NOS/c1-9-12(14(5,6)7)17-11(15-9)8-10(16)13(2,3)4/h8H2,1-7H3. The Balaban J connectivity index is 2.93. The molecule has 0 aromatic carbocycles. The number of hydrogen-bond donors (Lipinski definition) is 0. The van der Waals surface area contributed by atoms with Gasteiger partial charge in [-0.3, -0.25) is 4.79 Å². The fourth-order valence-corrected chi connectivity index (χ4v) is 2.75. The molecule has 1 heterocycles. The van der Waals surface area contributed by atoms with Crippen molar-refractivity contribution in [2.24, 2.45) is 5.41 Å². The lowest BCUT2D eigenvalue weighted by molar-refractivity contribution is -0.125. The predicted octanol–water partition coefficient (Wildman–Crippen LogP) is 3.91. The van der Waals surface area contributed by atoms with E-state index < -0.39 is 0 Å². The first-order valence-corrected chi connectivity index (χ1v) is 6.83. The van der Waals surface area contributed by atoms with Crippen LogP contribution in [0.4, 0.5) is 0 Å². The number of rotatable bonds is 2. The van der Waals surface area contributed by atoms with Gasteiger partial charge in [-0.25, -0.2) is 4.98 Å². The third-order valence-corrected chi connectivity index (χ3v) is 4.25. The Morgan fingerprint density at radius 2 is 1.71 bits per heavy atom. The first kappa shape index (κ1) is 14.4. The van der Waals surface area contributed by atoms with Crippen molar-refractivity contribution in [1.29, 1.82) is 0 Å². The molecule has 0 aliphatic carbocycles. The van der Waals surface area contributed by atoms with Gasteiger partial charge in [0, 0.05) is 10.3 Å². The van der Waals surface area contributed by atoms with Gasteiger partial charge in [0.1, 0.15) is 10.8 Å². The van der Waals surface area contributed by atoms with Crippen LogP contribution in [0.15, 0.2) is 0 Å². The monoisotopic (exact) mass is 253 g/mol. The Morgan fingerprint density at radius 1 is 1.18 bits per heavy atom. The van der Waals surface area contributed by atoms with Crippen LogP contribution in [0.2, 0.25) is 0 Å². The number of aromatic nitrogens is 1. The molecule has 96 valence electrons. The fraction of sp³-hybridized carbons (Fsp3) is 0.714. The van der Waals surface area contributed by atoms with Crippen LogP contribution in [0.25, 0.3) is 0 Å². The molecule has 3 heteroatoms. The summed E-state index contributed by atoms with van der Waals surface area (Å²) in [5.41, 5.74) is 0.908. The molecule has 0 unspecified atom stereocenters. The molecule has 0 aliphatic rings. The van der Waals surface area contributed by atoms with E-state index in [9.17, 15) is 4.79 Å². The zero-order valence-electron chi connectivity index (χ0n) is 12.0. The van der Waals surface area contributed by atoms with E-state index in [2.05, 4.69) is 25.8 Å². The zero-order valence-corrected chi connectivity index (χ0v) is 12.8. The Kier molecular flexibility index (Phi) is 3.82. The molecular weight excluding hydrogens is 230 g/mol. The van der Waals surface area contributed by atoms with Gasteiger partial charge in [0.2, 0.25) is 0 Å². The first-order valence-electron chi connectivity index (χ1n) is 6.02. The summed E-state index contributed by atoms with van der Waals surface area (Å²) in [7, 11) is 0. The van der Waals surface area contributed by atoms with Gasteiger partial charge in [0.15, 0.2) is 0 Å². The molecule has 1 aromatic rings. The van der Waals surface area contributed by atoms with Crippen LogP contribution < -0.4 is 0 Å². The van der Waals surface area contributed by atoms with Crippen molar-refractivity contribution in [3.63, 3.8) is 0 Å². The smallest absolute Gasteiger partial charge is 0.144 e. The molecule has 0 saturated heterocycles. The third kappa shape index (κ3) is 3.63. The lowest BCUT2D eigenvalue weighted by Gasteiger charge is -2.16. The van der Waals surface area contributed by atoms with Crippen molar-refractivity contribution in [2.75, 3.05) is 0 Å². The highest BCUT2D eigenvalue weighted by Gasteiger charge is 2.25. The van der Waals surface area contributed by atoms with Gasteiger partial charge in [-0.2, -0.15) is 0 Å². The second kappa shape index (κ2) is 4.52. The maximum atomic E-state index is 12.0. The summed E-state index contributed by atoms with van der Waals surface area (Å²) in [5, 5.41) is 0.951. The predicted molar refractivity (Wildman–Crippen MR) is 73.7 cm³/mol. The summed E-state index contributed by atoms with van der Waals surface area (Å²) in [5.74, 6) is 0.256. The highest BCUT2D eigenvalue weighted by atomic mass is 32.1. The first-order chi connectivity index (χ1) is 7.51. The second-order valence-electron chi connectivity index (χ2n) is 6.62. The lowest BCUT2D eigenvalue weighted by atomic mass is 9.89. The van der Waals surface area contributed by atoms with Gasteiger partial charge in [-0.1, -0.05) is 41.5 Å². The van der Waals surface area contributed by atoms with Crippen molar-refractivity contribution >= 4 is 17.1 Å². The molecule has 0 spiro atoms. The summed E-state index contributed by atoms with van der Waals surface area (Å²) in [4.78, 5) is 17.8. The van der Waals surface area contributed by atoms with Crippen LogP contribution in [-0.2, 0) is 16.6 Å². The van der Waals surface area contributed by atoms with Crippen LogP contribution in [0.5, 0.6) is 0 Å². The Morgan fingerprint density at radius 3 is 2.06 bits per heavy atom. The average molecular weight is 253 g/mol. The molecule has 2 nitrogen and oxygen atoms in total. The van der Waals surface area contributed by atoms with Crippen LogP contribution in [-0.4, -0.2) is 10.8 Å². The number of carbonyl (C=O) groups excluding carboxylic acids is 1. The van der Waals surface area contributed by atoms with Crippen molar-refractivity contribution in [2.45, 2.75) is 60.3 Å². The van der Waals surface area contributed by atoms with E-state index in [1.807, 2.05) is 27.7 Å². The molecule has 0 saturated carbocycles. The van der Waals surface area contributed by atoms with E-state index in [1.165, 1.54) is 4.88 Å². The van der Waals surface area contributed by atoms with Crippen molar-refractivity contribution < 1.29 is 4.79 Å². The van der Waals surface area contributed by atoms with Gasteiger partial charge in [0.05, 0.1) is 12.1 Å². The van der Waals surface area contributed by atoms with Crippen LogP contribution in [0, 0.1) is 12.3 Å². The number of Topliss-reactive ketones (excluding diaryl/α,β-unsaturated/α-hetero) is 1. The molecule has 0 amide bonds. The summed E-state index contributed by atoms with van der Waals surface area (Å²) >= 11 is 1.68. The summed E-state index contributed by atoms with van der Waals surface area (Å²) in [6.45, 7) is 14.5. The number of carbonyl (C=O) groups is 1. The molecule has 1 rings (SSSR count). The van der Waals surface area contributed by atoms with E-state index >= 15 is 0 Å². The highest BCUT2D eigenvalue weighted by molar-refractivity contribution is 7.12. The molecule has 0 fully saturated rings. The lowest BCUT2D eigenvalue weighted by Crippen LogP contribution is -2.21. The molecule has 1 aromatic heterocycles. The Hall–Kier alpha value is -0.700. The molecule has 0 atom stereocenters. The number of nitrogens with zero attached hydrogens (tertiary/aromatic N) is 1.